The van der Waals surface area contributed by atoms with E-state index >= 15 is 0 Å². The third-order valence-electron chi connectivity index (χ3n) is 4.10. The lowest BCUT2D eigenvalue weighted by Gasteiger charge is -2.13. The van der Waals surface area contributed by atoms with Crippen molar-refractivity contribution < 1.29 is 31.1 Å². The average Bonchev–Trinajstić information content (AvgIpc) is 3.00. The van der Waals surface area contributed by atoms with Gasteiger partial charge in [-0.1, -0.05) is 25.2 Å². The maximum atomic E-state index is 13.1. The van der Waals surface area contributed by atoms with Gasteiger partial charge in [0.2, 0.25) is 0 Å². The van der Waals surface area contributed by atoms with Crippen LogP contribution in [0.4, 0.5) is 26.3 Å². The number of imidazole rings is 1. The first-order valence-electron chi connectivity index (χ1n) is 8.93. The summed E-state index contributed by atoms with van der Waals surface area (Å²) in [7, 11) is 0. The Morgan fingerprint density at radius 2 is 1.83 bits per heavy atom. The molecule has 30 heavy (non-hydrogen) atoms. The summed E-state index contributed by atoms with van der Waals surface area (Å²) in [5, 5.41) is 2.98. The number of allylic oxidation sites excluding steroid dienone is 3. The molecule has 164 valence electrons. The Morgan fingerprint density at radius 3 is 2.40 bits per heavy atom. The molecule has 4 nitrogen and oxygen atoms in total. The van der Waals surface area contributed by atoms with Gasteiger partial charge in [0, 0.05) is 12.7 Å². The summed E-state index contributed by atoms with van der Waals surface area (Å²) in [6, 6.07) is 2.25. The highest BCUT2D eigenvalue weighted by Crippen LogP contribution is 2.30. The minimum absolute atomic E-state index is 0.212. The molecule has 0 fully saturated rings. The molecule has 0 saturated heterocycles. The molecule has 0 saturated carbocycles. The Kier molecular flexibility index (Phi) is 6.89. The number of aromatic nitrogens is 2. The molecule has 2 rings (SSSR count). The monoisotopic (exact) mass is 433 g/mol. The van der Waals surface area contributed by atoms with Gasteiger partial charge in [-0.15, -0.1) is 13.2 Å². The van der Waals surface area contributed by atoms with Crippen molar-refractivity contribution in [1.82, 2.24) is 14.7 Å². The normalized spacial score (nSPS) is 13.6. The van der Waals surface area contributed by atoms with Crippen LogP contribution in [0, 0.1) is 0 Å². The van der Waals surface area contributed by atoms with E-state index < -0.39 is 18.1 Å². The largest absolute Gasteiger partial charge is 0.572 e. The van der Waals surface area contributed by atoms with Crippen LogP contribution >= 0.6 is 0 Å². The van der Waals surface area contributed by atoms with Crippen molar-refractivity contribution in [3.63, 3.8) is 0 Å². The first kappa shape index (κ1) is 23.4. The topological polar surface area (TPSA) is 38.6 Å². The lowest BCUT2D eigenvalue weighted by atomic mass is 10.2. The zero-order valence-corrected chi connectivity index (χ0v) is 16.6. The van der Waals surface area contributed by atoms with Crippen LogP contribution in [-0.4, -0.2) is 22.3 Å². The predicted molar refractivity (Wildman–Crippen MR) is 101 cm³/mol. The van der Waals surface area contributed by atoms with Gasteiger partial charge in [0.15, 0.2) is 0 Å². The molecular formula is C20H21F6N3O. The number of hydrogen-bond donors (Lipinski definition) is 1. The van der Waals surface area contributed by atoms with Crippen LogP contribution in [0.25, 0.3) is 11.3 Å². The van der Waals surface area contributed by atoms with Gasteiger partial charge >= 0.3 is 12.5 Å². The SMILES string of the molecule is C=C(NC/C(C)=C/C=C(\C)OC(F)(F)F)c1c(CC)nc2ccc(C(F)(F)F)cn12. The highest BCUT2D eigenvalue weighted by molar-refractivity contribution is 5.65. The van der Waals surface area contributed by atoms with Crippen molar-refractivity contribution in [3.05, 3.63) is 65.3 Å². The standard InChI is InChI=1S/C20H21F6N3O/c1-5-16-18(29-11-15(19(21,22)23)8-9-17(29)28-16)14(4)27-10-12(2)6-7-13(3)30-20(24,25)26/h6-9,11,27H,4-5,10H2,1-3H3/b12-6+,13-7+. The average molecular weight is 433 g/mol. The second kappa shape index (κ2) is 8.85. The quantitative estimate of drug-likeness (QED) is 0.338. The van der Waals surface area contributed by atoms with Crippen LogP contribution in [0.3, 0.4) is 0 Å². The van der Waals surface area contributed by atoms with Gasteiger partial charge in [0.05, 0.1) is 22.6 Å². The Hall–Kier alpha value is -2.91. The molecule has 2 heterocycles. The first-order valence-corrected chi connectivity index (χ1v) is 8.93. The van der Waals surface area contributed by atoms with E-state index in [9.17, 15) is 26.3 Å². The third kappa shape index (κ3) is 6.04. The van der Waals surface area contributed by atoms with Gasteiger partial charge in [0.1, 0.15) is 11.4 Å². The highest BCUT2D eigenvalue weighted by atomic mass is 19.4. The summed E-state index contributed by atoms with van der Waals surface area (Å²) in [6.07, 6.45) is -5.20. The van der Waals surface area contributed by atoms with Gasteiger partial charge in [0.25, 0.3) is 0 Å². The summed E-state index contributed by atoms with van der Waals surface area (Å²) in [4.78, 5) is 4.34. The maximum Gasteiger partial charge on any atom is 0.572 e. The number of nitrogens with zero attached hydrogens (tertiary/aromatic N) is 2. The summed E-state index contributed by atoms with van der Waals surface area (Å²) in [5.74, 6) is -0.324. The lowest BCUT2D eigenvalue weighted by Crippen LogP contribution is -2.16. The smallest absolute Gasteiger partial charge is 0.411 e. The second-order valence-corrected chi connectivity index (χ2v) is 6.57. The van der Waals surface area contributed by atoms with Crippen molar-refractivity contribution in [2.45, 2.75) is 39.7 Å². The molecule has 2 aromatic heterocycles. The number of fused-ring (bicyclic) bond motifs is 1. The van der Waals surface area contributed by atoms with E-state index in [-0.39, 0.29) is 12.3 Å². The highest BCUT2D eigenvalue weighted by Gasteiger charge is 2.32. The molecule has 0 unspecified atom stereocenters. The van der Waals surface area contributed by atoms with Gasteiger partial charge in [-0.3, -0.25) is 4.40 Å². The van der Waals surface area contributed by atoms with E-state index in [1.54, 1.807) is 6.92 Å². The molecule has 0 amide bonds. The molecule has 2 aromatic rings. The maximum absolute atomic E-state index is 13.1. The molecule has 0 bridgehead atoms. The van der Waals surface area contributed by atoms with Gasteiger partial charge in [-0.25, -0.2) is 4.98 Å². The molecule has 0 atom stereocenters. The molecular weight excluding hydrogens is 412 g/mol. The van der Waals surface area contributed by atoms with Crippen molar-refractivity contribution in [2.75, 3.05) is 6.54 Å². The van der Waals surface area contributed by atoms with Crippen LogP contribution in [0.1, 0.15) is 37.7 Å². The minimum Gasteiger partial charge on any atom is -0.411 e. The molecule has 0 aliphatic heterocycles. The Balaban J connectivity index is 2.22. The molecule has 10 heteroatoms. The van der Waals surface area contributed by atoms with Gasteiger partial charge < -0.3 is 10.1 Å². The van der Waals surface area contributed by atoms with Crippen molar-refractivity contribution >= 4 is 11.3 Å². The zero-order valence-electron chi connectivity index (χ0n) is 16.6. The minimum atomic E-state index is -4.76. The fourth-order valence-electron chi connectivity index (χ4n) is 2.69. The van der Waals surface area contributed by atoms with Crippen molar-refractivity contribution in [1.29, 1.82) is 0 Å². The van der Waals surface area contributed by atoms with E-state index in [1.165, 1.54) is 29.5 Å². The first-order chi connectivity index (χ1) is 13.8. The Labute approximate surface area is 169 Å². The fraction of sp³-hybridized carbons (Fsp3) is 0.350. The third-order valence-corrected chi connectivity index (χ3v) is 4.10. The van der Waals surface area contributed by atoms with Crippen LogP contribution in [0.5, 0.6) is 0 Å². The van der Waals surface area contributed by atoms with Crippen molar-refractivity contribution in [3.8, 4) is 0 Å². The molecule has 0 aliphatic rings. The second-order valence-electron chi connectivity index (χ2n) is 6.57. The molecule has 0 radical (unpaired) electrons. The van der Waals surface area contributed by atoms with Crippen LogP contribution < -0.4 is 5.32 Å². The Bertz CT molecular complexity index is 983. The zero-order chi connectivity index (χ0) is 22.7. The lowest BCUT2D eigenvalue weighted by molar-refractivity contribution is -0.305. The van der Waals surface area contributed by atoms with E-state index in [0.29, 0.717) is 34.7 Å². The number of ether oxygens (including phenoxy) is 1. The van der Waals surface area contributed by atoms with E-state index in [2.05, 4.69) is 21.6 Å². The van der Waals surface area contributed by atoms with Crippen molar-refractivity contribution in [2.24, 2.45) is 0 Å². The van der Waals surface area contributed by atoms with E-state index in [0.717, 1.165) is 12.3 Å². The number of aryl methyl sites for hydroxylation is 1. The van der Waals surface area contributed by atoms with Crippen LogP contribution in [0.2, 0.25) is 0 Å². The summed E-state index contributed by atoms with van der Waals surface area (Å²) in [5.41, 5.74) is 1.53. The summed E-state index contributed by atoms with van der Waals surface area (Å²) < 4.78 is 80.8. The molecule has 0 spiro atoms. The number of rotatable bonds is 7. The molecule has 0 aromatic carbocycles. The fourth-order valence-corrected chi connectivity index (χ4v) is 2.69. The van der Waals surface area contributed by atoms with Gasteiger partial charge in [-0.2, -0.15) is 13.2 Å². The molecule has 1 N–H and O–H groups in total. The number of alkyl halides is 6. The van der Waals surface area contributed by atoms with Gasteiger partial charge in [-0.05, 0) is 38.5 Å². The van der Waals surface area contributed by atoms with E-state index in [4.69, 9.17) is 0 Å². The number of pyridine rings is 1. The number of hydrogen-bond acceptors (Lipinski definition) is 3. The number of nitrogens with one attached hydrogen (secondary N) is 1. The van der Waals surface area contributed by atoms with Crippen LogP contribution in [-0.2, 0) is 17.3 Å². The number of halogens is 6. The Morgan fingerprint density at radius 1 is 1.17 bits per heavy atom. The predicted octanol–water partition coefficient (Wildman–Crippen LogP) is 5.86. The van der Waals surface area contributed by atoms with Crippen LogP contribution in [0.15, 0.2) is 48.4 Å². The summed E-state index contributed by atoms with van der Waals surface area (Å²) in [6.45, 7) is 8.78. The summed E-state index contributed by atoms with van der Waals surface area (Å²) >= 11 is 0. The van der Waals surface area contributed by atoms with E-state index in [1.807, 2.05) is 6.92 Å². The molecule has 0 aliphatic carbocycles.